The van der Waals surface area contributed by atoms with Gasteiger partial charge in [-0.3, -0.25) is 0 Å². The number of hydrogen-bond donors (Lipinski definition) is 1. The van der Waals surface area contributed by atoms with Crippen molar-refractivity contribution in [2.75, 3.05) is 13.2 Å². The molecule has 2 aromatic carbocycles. The van der Waals surface area contributed by atoms with Gasteiger partial charge in [-0.2, -0.15) is 0 Å². The third-order valence-corrected chi connectivity index (χ3v) is 4.16. The Morgan fingerprint density at radius 1 is 1.09 bits per heavy atom. The van der Waals surface area contributed by atoms with Gasteiger partial charge in [0.25, 0.3) is 0 Å². The summed E-state index contributed by atoms with van der Waals surface area (Å²) in [5.41, 5.74) is 5.97. The Hall–Kier alpha value is -2.55. The molecule has 0 spiro atoms. The van der Waals surface area contributed by atoms with Crippen LogP contribution < -0.4 is 5.32 Å². The van der Waals surface area contributed by atoms with Crippen molar-refractivity contribution in [1.29, 1.82) is 0 Å². The molecule has 0 saturated carbocycles. The summed E-state index contributed by atoms with van der Waals surface area (Å²) >= 11 is 0. The Balaban J connectivity index is 1.69. The van der Waals surface area contributed by atoms with Gasteiger partial charge in [0.1, 0.15) is 6.61 Å². The highest BCUT2D eigenvalue weighted by atomic mass is 16.5. The maximum absolute atomic E-state index is 11.8. The van der Waals surface area contributed by atoms with Crippen LogP contribution in [0.1, 0.15) is 30.4 Å². The number of rotatable bonds is 5. The van der Waals surface area contributed by atoms with Crippen LogP contribution in [-0.4, -0.2) is 19.2 Å². The predicted octanol–water partition coefficient (Wildman–Crippen LogP) is 4.49. The Morgan fingerprint density at radius 2 is 1.65 bits per heavy atom. The number of carbonyl (C=O) groups is 1. The number of amides is 1. The number of alkyl carbamates (subject to hydrolysis) is 1. The zero-order valence-electron chi connectivity index (χ0n) is 13.3. The highest BCUT2D eigenvalue weighted by Crippen LogP contribution is 2.44. The molecule has 3 nitrogen and oxygen atoms in total. The molecule has 0 atom stereocenters. The minimum absolute atomic E-state index is 0.106. The highest BCUT2D eigenvalue weighted by Gasteiger charge is 2.28. The normalized spacial score (nSPS) is 12.4. The molecular weight excluding hydrogens is 286 g/mol. The van der Waals surface area contributed by atoms with E-state index in [1.54, 1.807) is 0 Å². The molecule has 0 unspecified atom stereocenters. The van der Waals surface area contributed by atoms with Gasteiger partial charge in [-0.1, -0.05) is 54.1 Å². The zero-order chi connectivity index (χ0) is 16.2. The molecule has 1 aliphatic carbocycles. The average molecular weight is 307 g/mol. The summed E-state index contributed by atoms with van der Waals surface area (Å²) in [5.74, 6) is 0.106. The maximum atomic E-state index is 11.8. The fourth-order valence-electron chi connectivity index (χ4n) is 3.03. The first-order valence-corrected chi connectivity index (χ1v) is 7.90. The summed E-state index contributed by atoms with van der Waals surface area (Å²) in [6, 6.07) is 16.6. The standard InChI is InChI=1S/C20H21NO2/c1-14(2)11-12-21-20(22)23-13-19-17-9-5-3-7-15(17)16-8-4-6-10-18(16)19/h3-10,19H,1,11-13H2,2H3,(H,21,22). The van der Waals surface area contributed by atoms with Crippen LogP contribution in [0.25, 0.3) is 11.1 Å². The van der Waals surface area contributed by atoms with E-state index in [-0.39, 0.29) is 12.0 Å². The minimum Gasteiger partial charge on any atom is -0.449 e. The SMILES string of the molecule is C=C(C)CCNC(=O)OCC1c2ccccc2-c2ccccc21. The van der Waals surface area contributed by atoms with E-state index in [0.717, 1.165) is 12.0 Å². The number of nitrogens with one attached hydrogen (secondary N) is 1. The van der Waals surface area contributed by atoms with Crippen molar-refractivity contribution in [2.45, 2.75) is 19.3 Å². The number of ether oxygens (including phenoxy) is 1. The Morgan fingerprint density at radius 3 is 2.22 bits per heavy atom. The van der Waals surface area contributed by atoms with Crippen molar-refractivity contribution >= 4 is 6.09 Å². The summed E-state index contributed by atoms with van der Waals surface area (Å²) in [5, 5.41) is 2.76. The highest BCUT2D eigenvalue weighted by molar-refractivity contribution is 5.79. The van der Waals surface area contributed by atoms with E-state index in [9.17, 15) is 4.79 Å². The number of hydrogen-bond acceptors (Lipinski definition) is 2. The van der Waals surface area contributed by atoms with Crippen molar-refractivity contribution < 1.29 is 9.53 Å². The van der Waals surface area contributed by atoms with Crippen molar-refractivity contribution in [3.63, 3.8) is 0 Å². The first kappa shape index (κ1) is 15.3. The second kappa shape index (κ2) is 6.69. The van der Waals surface area contributed by atoms with E-state index in [2.05, 4.69) is 36.2 Å². The Labute approximate surface area is 137 Å². The smallest absolute Gasteiger partial charge is 0.407 e. The molecule has 0 aliphatic heterocycles. The first-order valence-electron chi connectivity index (χ1n) is 7.90. The van der Waals surface area contributed by atoms with Crippen molar-refractivity contribution in [3.8, 4) is 11.1 Å². The van der Waals surface area contributed by atoms with Gasteiger partial charge in [-0.05, 0) is 35.6 Å². The predicted molar refractivity (Wildman–Crippen MR) is 92.5 cm³/mol. The van der Waals surface area contributed by atoms with Crippen molar-refractivity contribution in [1.82, 2.24) is 5.32 Å². The van der Waals surface area contributed by atoms with Gasteiger partial charge >= 0.3 is 6.09 Å². The van der Waals surface area contributed by atoms with Crippen molar-refractivity contribution in [2.24, 2.45) is 0 Å². The summed E-state index contributed by atoms with van der Waals surface area (Å²) in [6.45, 7) is 6.68. The second-order valence-electron chi connectivity index (χ2n) is 5.96. The van der Waals surface area contributed by atoms with Crippen LogP contribution in [0.2, 0.25) is 0 Å². The van der Waals surface area contributed by atoms with E-state index >= 15 is 0 Å². The molecule has 1 amide bonds. The molecule has 0 heterocycles. The van der Waals surface area contributed by atoms with Gasteiger partial charge in [0.15, 0.2) is 0 Å². The van der Waals surface area contributed by atoms with Gasteiger partial charge in [0.2, 0.25) is 0 Å². The van der Waals surface area contributed by atoms with E-state index < -0.39 is 0 Å². The summed E-state index contributed by atoms with van der Waals surface area (Å²) in [6.07, 6.45) is 0.401. The third-order valence-electron chi connectivity index (χ3n) is 4.16. The summed E-state index contributed by atoms with van der Waals surface area (Å²) < 4.78 is 5.44. The molecule has 1 aliphatic rings. The number of carbonyl (C=O) groups excluding carboxylic acids is 1. The molecule has 0 fully saturated rings. The van der Waals surface area contributed by atoms with Gasteiger partial charge in [-0.25, -0.2) is 4.79 Å². The van der Waals surface area contributed by atoms with E-state index in [1.807, 2.05) is 31.2 Å². The van der Waals surface area contributed by atoms with Crippen LogP contribution >= 0.6 is 0 Å². The second-order valence-corrected chi connectivity index (χ2v) is 5.96. The molecule has 3 heteroatoms. The van der Waals surface area contributed by atoms with Crippen LogP contribution in [-0.2, 0) is 4.74 Å². The minimum atomic E-state index is -0.367. The van der Waals surface area contributed by atoms with E-state index in [0.29, 0.717) is 13.2 Å². The Bertz CT molecular complexity index is 690. The molecule has 0 saturated heterocycles. The largest absolute Gasteiger partial charge is 0.449 e. The maximum Gasteiger partial charge on any atom is 0.407 e. The molecule has 0 bridgehead atoms. The monoisotopic (exact) mass is 307 g/mol. The molecule has 3 rings (SSSR count). The van der Waals surface area contributed by atoms with Crippen molar-refractivity contribution in [3.05, 3.63) is 71.8 Å². The number of benzene rings is 2. The van der Waals surface area contributed by atoms with E-state index in [4.69, 9.17) is 4.74 Å². The molecule has 2 aromatic rings. The lowest BCUT2D eigenvalue weighted by Gasteiger charge is -2.14. The fraction of sp³-hybridized carbons (Fsp3) is 0.250. The molecule has 118 valence electrons. The first-order chi connectivity index (χ1) is 11.2. The fourth-order valence-corrected chi connectivity index (χ4v) is 3.03. The van der Waals surface area contributed by atoms with Crippen LogP contribution in [0.15, 0.2) is 60.7 Å². The zero-order valence-corrected chi connectivity index (χ0v) is 13.3. The lowest BCUT2D eigenvalue weighted by molar-refractivity contribution is 0.143. The van der Waals surface area contributed by atoms with Crippen LogP contribution in [0.5, 0.6) is 0 Å². The van der Waals surface area contributed by atoms with Crippen LogP contribution in [0.4, 0.5) is 4.79 Å². The van der Waals surface area contributed by atoms with Gasteiger partial charge in [0.05, 0.1) is 0 Å². The lowest BCUT2D eigenvalue weighted by Crippen LogP contribution is -2.27. The van der Waals surface area contributed by atoms with Gasteiger partial charge < -0.3 is 10.1 Å². The molecule has 0 radical (unpaired) electrons. The topological polar surface area (TPSA) is 38.3 Å². The van der Waals surface area contributed by atoms with Gasteiger partial charge in [0, 0.05) is 12.5 Å². The van der Waals surface area contributed by atoms with Gasteiger partial charge in [-0.15, -0.1) is 6.58 Å². The number of fused-ring (bicyclic) bond motifs is 3. The quantitative estimate of drug-likeness (QED) is 0.826. The molecule has 0 aromatic heterocycles. The Kier molecular flexibility index (Phi) is 4.47. The molecular formula is C20H21NO2. The lowest BCUT2D eigenvalue weighted by atomic mass is 9.98. The van der Waals surface area contributed by atoms with Crippen LogP contribution in [0.3, 0.4) is 0 Å². The van der Waals surface area contributed by atoms with E-state index in [1.165, 1.54) is 22.3 Å². The van der Waals surface area contributed by atoms with Crippen LogP contribution in [0, 0.1) is 0 Å². The molecule has 23 heavy (non-hydrogen) atoms. The summed E-state index contributed by atoms with van der Waals surface area (Å²) in [4.78, 5) is 11.8. The summed E-state index contributed by atoms with van der Waals surface area (Å²) in [7, 11) is 0. The molecule has 1 N–H and O–H groups in total. The third kappa shape index (κ3) is 3.29. The average Bonchev–Trinajstić information content (AvgIpc) is 2.87.